The summed E-state index contributed by atoms with van der Waals surface area (Å²) in [6.07, 6.45) is 3.50. The van der Waals surface area contributed by atoms with Crippen molar-refractivity contribution in [2.75, 3.05) is 6.54 Å². The molecule has 3 rings (SSSR count). The number of carbonyl (C=O) groups is 1. The molecule has 1 amide bonds. The largest absolute Gasteiger partial charge is 0.352 e. The fourth-order valence-electron chi connectivity index (χ4n) is 3.29. The van der Waals surface area contributed by atoms with Gasteiger partial charge in [0.25, 0.3) is 5.91 Å². The Bertz CT molecular complexity index is 738. The summed E-state index contributed by atoms with van der Waals surface area (Å²) in [6, 6.07) is 8.86. The predicted octanol–water partition coefficient (Wildman–Crippen LogP) is 4.03. The first-order valence-corrected chi connectivity index (χ1v) is 8.50. The highest BCUT2D eigenvalue weighted by Gasteiger charge is 2.26. The summed E-state index contributed by atoms with van der Waals surface area (Å²) in [6.45, 7) is 9.17. The van der Waals surface area contributed by atoms with Crippen LogP contribution in [0.5, 0.6) is 0 Å². The predicted molar refractivity (Wildman–Crippen MR) is 94.1 cm³/mol. The average molecular weight is 310 g/mol. The van der Waals surface area contributed by atoms with Crippen molar-refractivity contribution in [2.45, 2.75) is 53.0 Å². The van der Waals surface area contributed by atoms with Crippen LogP contribution in [-0.4, -0.2) is 17.0 Å². The number of benzene rings is 1. The van der Waals surface area contributed by atoms with Crippen molar-refractivity contribution in [1.82, 2.24) is 9.88 Å². The molecular formula is C20H26N2O. The quantitative estimate of drug-likeness (QED) is 0.889. The molecule has 122 valence electrons. The van der Waals surface area contributed by atoms with Gasteiger partial charge in [0.15, 0.2) is 0 Å². The minimum Gasteiger partial charge on any atom is -0.352 e. The maximum Gasteiger partial charge on any atom is 0.251 e. The highest BCUT2D eigenvalue weighted by atomic mass is 16.1. The number of hydrogen-bond donors (Lipinski definition) is 1. The monoisotopic (exact) mass is 310 g/mol. The molecule has 0 spiro atoms. The Balaban J connectivity index is 1.60. The summed E-state index contributed by atoms with van der Waals surface area (Å²) >= 11 is 0. The number of nitrogens with zero attached hydrogens (tertiary/aromatic N) is 1. The van der Waals surface area contributed by atoms with Crippen molar-refractivity contribution in [3.63, 3.8) is 0 Å². The van der Waals surface area contributed by atoms with E-state index in [4.69, 9.17) is 0 Å². The Morgan fingerprint density at radius 1 is 1.13 bits per heavy atom. The molecular weight excluding hydrogens is 284 g/mol. The molecule has 1 aromatic heterocycles. The smallest absolute Gasteiger partial charge is 0.251 e. The molecule has 1 saturated carbocycles. The number of nitrogens with one attached hydrogen (secondary N) is 1. The SMILES string of the molecule is Cc1ccc(C(=O)NCCc2cc(C)n(C3CC3)c2C)cc1C. The van der Waals surface area contributed by atoms with Crippen LogP contribution < -0.4 is 5.32 Å². The van der Waals surface area contributed by atoms with Crippen LogP contribution >= 0.6 is 0 Å². The fourth-order valence-corrected chi connectivity index (χ4v) is 3.29. The Hall–Kier alpha value is -2.03. The zero-order valence-corrected chi connectivity index (χ0v) is 14.6. The van der Waals surface area contributed by atoms with Gasteiger partial charge >= 0.3 is 0 Å². The lowest BCUT2D eigenvalue weighted by Crippen LogP contribution is -2.25. The summed E-state index contributed by atoms with van der Waals surface area (Å²) in [5.74, 6) is 0.0177. The average Bonchev–Trinajstić information content (AvgIpc) is 3.29. The summed E-state index contributed by atoms with van der Waals surface area (Å²) in [5.41, 5.74) is 7.19. The van der Waals surface area contributed by atoms with Crippen molar-refractivity contribution in [2.24, 2.45) is 0 Å². The number of carbonyl (C=O) groups excluding carboxylic acids is 1. The minimum atomic E-state index is 0.0177. The van der Waals surface area contributed by atoms with E-state index >= 15 is 0 Å². The van der Waals surface area contributed by atoms with Gasteiger partial charge in [0.05, 0.1) is 0 Å². The molecule has 1 aliphatic rings. The fraction of sp³-hybridized carbons (Fsp3) is 0.450. The Labute approximate surface area is 138 Å². The summed E-state index contributed by atoms with van der Waals surface area (Å²) in [5, 5.41) is 3.05. The van der Waals surface area contributed by atoms with E-state index in [9.17, 15) is 4.79 Å². The molecule has 0 radical (unpaired) electrons. The second-order valence-corrected chi connectivity index (χ2v) is 6.80. The van der Waals surface area contributed by atoms with Crippen LogP contribution in [0.2, 0.25) is 0 Å². The Morgan fingerprint density at radius 3 is 2.52 bits per heavy atom. The Kier molecular flexibility index (Phi) is 4.29. The third kappa shape index (κ3) is 3.34. The second kappa shape index (κ2) is 6.23. The van der Waals surface area contributed by atoms with Crippen LogP contribution in [0.15, 0.2) is 24.3 Å². The lowest BCUT2D eigenvalue weighted by atomic mass is 10.1. The highest BCUT2D eigenvalue weighted by Crippen LogP contribution is 2.38. The van der Waals surface area contributed by atoms with Gasteiger partial charge in [0.2, 0.25) is 0 Å². The molecule has 1 fully saturated rings. The molecule has 3 nitrogen and oxygen atoms in total. The molecule has 3 heteroatoms. The number of aryl methyl sites for hydroxylation is 3. The van der Waals surface area contributed by atoms with Gasteiger partial charge in [0, 0.05) is 29.5 Å². The lowest BCUT2D eigenvalue weighted by Gasteiger charge is -2.09. The van der Waals surface area contributed by atoms with Crippen LogP contribution in [0.25, 0.3) is 0 Å². The third-order valence-electron chi connectivity index (χ3n) is 4.95. The minimum absolute atomic E-state index is 0.0177. The van der Waals surface area contributed by atoms with E-state index in [2.05, 4.69) is 36.7 Å². The van der Waals surface area contributed by atoms with E-state index in [-0.39, 0.29) is 5.91 Å². The van der Waals surface area contributed by atoms with Crippen LogP contribution in [0.4, 0.5) is 0 Å². The summed E-state index contributed by atoms with van der Waals surface area (Å²) in [7, 11) is 0. The second-order valence-electron chi connectivity index (χ2n) is 6.80. The van der Waals surface area contributed by atoms with Gasteiger partial charge in [-0.3, -0.25) is 4.79 Å². The molecule has 0 aliphatic heterocycles. The van der Waals surface area contributed by atoms with Crippen LogP contribution in [0.1, 0.15) is 57.3 Å². The van der Waals surface area contributed by atoms with Gasteiger partial charge < -0.3 is 9.88 Å². The van der Waals surface area contributed by atoms with Gasteiger partial charge in [-0.05, 0) is 81.8 Å². The first kappa shape index (κ1) is 15.9. The van der Waals surface area contributed by atoms with E-state index in [1.54, 1.807) is 0 Å². The van der Waals surface area contributed by atoms with E-state index in [0.717, 1.165) is 17.5 Å². The maximum atomic E-state index is 12.3. The van der Waals surface area contributed by atoms with Crippen LogP contribution in [-0.2, 0) is 6.42 Å². The molecule has 0 bridgehead atoms. The normalized spacial score (nSPS) is 14.1. The highest BCUT2D eigenvalue weighted by molar-refractivity contribution is 5.94. The molecule has 1 N–H and O–H groups in total. The van der Waals surface area contributed by atoms with Crippen LogP contribution in [0, 0.1) is 27.7 Å². The molecule has 0 atom stereocenters. The van der Waals surface area contributed by atoms with Crippen molar-refractivity contribution >= 4 is 5.91 Å². The molecule has 23 heavy (non-hydrogen) atoms. The van der Waals surface area contributed by atoms with Crippen molar-refractivity contribution in [3.05, 3.63) is 57.9 Å². The number of amides is 1. The van der Waals surface area contributed by atoms with Gasteiger partial charge in [0.1, 0.15) is 0 Å². The van der Waals surface area contributed by atoms with Crippen LogP contribution in [0.3, 0.4) is 0 Å². The van der Waals surface area contributed by atoms with E-state index in [1.807, 2.05) is 25.1 Å². The number of rotatable bonds is 5. The molecule has 2 aromatic rings. The summed E-state index contributed by atoms with van der Waals surface area (Å²) in [4.78, 5) is 12.3. The van der Waals surface area contributed by atoms with Crippen molar-refractivity contribution in [1.29, 1.82) is 0 Å². The topological polar surface area (TPSA) is 34.0 Å². The standard InChI is InChI=1S/C20H26N2O/c1-13-5-6-18(11-14(13)2)20(23)21-10-9-17-12-15(3)22(16(17)4)19-7-8-19/h5-6,11-12,19H,7-10H2,1-4H3,(H,21,23). The molecule has 0 unspecified atom stereocenters. The van der Waals surface area contributed by atoms with E-state index in [0.29, 0.717) is 12.6 Å². The first-order chi connectivity index (χ1) is 11.0. The molecule has 1 aromatic carbocycles. The zero-order chi connectivity index (χ0) is 16.6. The molecule has 1 heterocycles. The van der Waals surface area contributed by atoms with Crippen molar-refractivity contribution in [3.8, 4) is 0 Å². The lowest BCUT2D eigenvalue weighted by molar-refractivity contribution is 0.0954. The van der Waals surface area contributed by atoms with Gasteiger partial charge in [-0.2, -0.15) is 0 Å². The van der Waals surface area contributed by atoms with E-state index in [1.165, 1.54) is 35.4 Å². The summed E-state index contributed by atoms with van der Waals surface area (Å²) < 4.78 is 2.46. The van der Waals surface area contributed by atoms with Gasteiger partial charge in [-0.1, -0.05) is 6.07 Å². The maximum absolute atomic E-state index is 12.3. The van der Waals surface area contributed by atoms with E-state index < -0.39 is 0 Å². The number of aromatic nitrogens is 1. The zero-order valence-electron chi connectivity index (χ0n) is 14.6. The molecule has 0 saturated heterocycles. The van der Waals surface area contributed by atoms with Crippen molar-refractivity contribution < 1.29 is 4.79 Å². The number of hydrogen-bond acceptors (Lipinski definition) is 1. The first-order valence-electron chi connectivity index (χ1n) is 8.50. The third-order valence-corrected chi connectivity index (χ3v) is 4.95. The Morgan fingerprint density at radius 2 is 1.87 bits per heavy atom. The van der Waals surface area contributed by atoms with Gasteiger partial charge in [-0.15, -0.1) is 0 Å². The molecule has 1 aliphatic carbocycles. The van der Waals surface area contributed by atoms with Gasteiger partial charge in [-0.25, -0.2) is 0 Å².